The van der Waals surface area contributed by atoms with Crippen LogP contribution >= 0.6 is 0 Å². The topological polar surface area (TPSA) is 83.6 Å². The summed E-state index contributed by atoms with van der Waals surface area (Å²) in [4.78, 5) is 25.0. The first-order chi connectivity index (χ1) is 8.11. The highest BCUT2D eigenvalue weighted by molar-refractivity contribution is 5.86. The summed E-state index contributed by atoms with van der Waals surface area (Å²) in [5, 5.41) is 9.14. The van der Waals surface area contributed by atoms with E-state index >= 15 is 0 Å². The molecule has 0 aromatic rings. The third kappa shape index (κ3) is 2.44. The van der Waals surface area contributed by atoms with E-state index < -0.39 is 12.0 Å². The Morgan fingerprint density at radius 3 is 2.47 bits per heavy atom. The zero-order valence-corrected chi connectivity index (χ0v) is 9.97. The molecule has 2 aliphatic rings. The van der Waals surface area contributed by atoms with Gasteiger partial charge in [0, 0.05) is 12.6 Å². The Morgan fingerprint density at radius 1 is 1.12 bits per heavy atom. The predicted octanol–water partition coefficient (Wildman–Crippen LogP) is 0.579. The fourth-order valence-corrected chi connectivity index (χ4v) is 2.96. The van der Waals surface area contributed by atoms with Gasteiger partial charge in [0.15, 0.2) is 0 Å². The van der Waals surface area contributed by atoms with Crippen molar-refractivity contribution in [1.29, 1.82) is 0 Å². The fourth-order valence-electron chi connectivity index (χ4n) is 2.96. The van der Waals surface area contributed by atoms with Gasteiger partial charge in [-0.3, -0.25) is 4.79 Å². The lowest BCUT2D eigenvalue weighted by atomic mass is 9.96. The van der Waals surface area contributed by atoms with Gasteiger partial charge < -0.3 is 15.7 Å². The molecule has 1 amide bonds. The average molecular weight is 240 g/mol. The van der Waals surface area contributed by atoms with E-state index in [1.54, 1.807) is 4.90 Å². The summed E-state index contributed by atoms with van der Waals surface area (Å²) in [6.07, 6.45) is 5.02. The molecule has 1 aliphatic heterocycles. The average Bonchev–Trinajstić information content (AvgIpc) is 2.74. The number of piperidine rings is 1. The fraction of sp³-hybridized carbons (Fsp3) is 0.833. The third-order valence-corrected chi connectivity index (χ3v) is 3.96. The van der Waals surface area contributed by atoms with Crippen molar-refractivity contribution in [3.05, 3.63) is 0 Å². The van der Waals surface area contributed by atoms with E-state index in [0.29, 0.717) is 13.0 Å². The van der Waals surface area contributed by atoms with Crippen LogP contribution in [0.25, 0.3) is 0 Å². The molecule has 17 heavy (non-hydrogen) atoms. The minimum Gasteiger partial charge on any atom is -0.480 e. The number of likely N-dealkylation sites (tertiary alicyclic amines) is 1. The molecule has 3 atom stereocenters. The van der Waals surface area contributed by atoms with Crippen LogP contribution in [0.3, 0.4) is 0 Å². The van der Waals surface area contributed by atoms with Gasteiger partial charge in [0.2, 0.25) is 5.91 Å². The maximum atomic E-state index is 12.3. The van der Waals surface area contributed by atoms with Crippen LogP contribution in [0.5, 0.6) is 0 Å². The molecule has 1 saturated heterocycles. The molecule has 3 N–H and O–H groups in total. The first-order valence-corrected chi connectivity index (χ1v) is 6.40. The lowest BCUT2D eigenvalue weighted by Crippen LogP contribution is -2.52. The summed E-state index contributed by atoms with van der Waals surface area (Å²) in [6.45, 7) is 0.568. The van der Waals surface area contributed by atoms with Gasteiger partial charge in [-0.25, -0.2) is 4.79 Å². The van der Waals surface area contributed by atoms with Crippen LogP contribution in [0.1, 0.15) is 38.5 Å². The van der Waals surface area contributed by atoms with Gasteiger partial charge in [-0.1, -0.05) is 6.42 Å². The minimum absolute atomic E-state index is 0.0397. The van der Waals surface area contributed by atoms with Crippen LogP contribution in [-0.4, -0.2) is 40.5 Å². The molecule has 1 heterocycles. The van der Waals surface area contributed by atoms with Crippen LogP contribution in [-0.2, 0) is 9.59 Å². The van der Waals surface area contributed by atoms with Crippen molar-refractivity contribution in [1.82, 2.24) is 4.90 Å². The summed E-state index contributed by atoms with van der Waals surface area (Å²) in [5.41, 5.74) is 5.91. The molecule has 0 aromatic carbocycles. The molecule has 0 aromatic heterocycles. The van der Waals surface area contributed by atoms with E-state index in [1.165, 1.54) is 0 Å². The zero-order valence-electron chi connectivity index (χ0n) is 9.97. The number of aliphatic carboxylic acids is 1. The third-order valence-electron chi connectivity index (χ3n) is 3.96. The molecule has 0 radical (unpaired) electrons. The Balaban J connectivity index is 2.08. The van der Waals surface area contributed by atoms with Gasteiger partial charge in [-0.15, -0.1) is 0 Å². The van der Waals surface area contributed by atoms with Gasteiger partial charge in [0.1, 0.15) is 6.04 Å². The van der Waals surface area contributed by atoms with E-state index in [1.807, 2.05) is 0 Å². The summed E-state index contributed by atoms with van der Waals surface area (Å²) < 4.78 is 0. The Morgan fingerprint density at radius 2 is 1.88 bits per heavy atom. The predicted molar refractivity (Wildman–Crippen MR) is 62.3 cm³/mol. The monoisotopic (exact) mass is 240 g/mol. The summed E-state index contributed by atoms with van der Waals surface area (Å²) >= 11 is 0. The SMILES string of the molecule is NC1CCCC1C(=O)N1CCCCC1C(=O)O. The molecule has 2 fully saturated rings. The van der Waals surface area contributed by atoms with Crippen molar-refractivity contribution in [3.8, 4) is 0 Å². The van der Waals surface area contributed by atoms with Crippen LogP contribution < -0.4 is 5.73 Å². The number of hydrogen-bond acceptors (Lipinski definition) is 3. The molecular formula is C12H20N2O3. The largest absolute Gasteiger partial charge is 0.480 e. The smallest absolute Gasteiger partial charge is 0.326 e. The normalized spacial score (nSPS) is 33.7. The maximum absolute atomic E-state index is 12.3. The number of carboxylic acid groups (broad SMARTS) is 1. The van der Waals surface area contributed by atoms with E-state index in [9.17, 15) is 9.59 Å². The molecule has 5 heteroatoms. The maximum Gasteiger partial charge on any atom is 0.326 e. The second-order valence-corrected chi connectivity index (χ2v) is 5.08. The molecule has 96 valence electrons. The van der Waals surface area contributed by atoms with Crippen molar-refractivity contribution < 1.29 is 14.7 Å². The van der Waals surface area contributed by atoms with Gasteiger partial charge >= 0.3 is 5.97 Å². The zero-order chi connectivity index (χ0) is 12.4. The summed E-state index contributed by atoms with van der Waals surface area (Å²) in [5.74, 6) is -1.08. The Kier molecular flexibility index (Phi) is 3.66. The summed E-state index contributed by atoms with van der Waals surface area (Å²) in [6, 6.07) is -0.720. The molecule has 2 rings (SSSR count). The van der Waals surface area contributed by atoms with Crippen molar-refractivity contribution in [2.45, 2.75) is 50.6 Å². The minimum atomic E-state index is -0.885. The van der Waals surface area contributed by atoms with Gasteiger partial charge in [0.25, 0.3) is 0 Å². The number of carbonyl (C=O) groups is 2. The van der Waals surface area contributed by atoms with E-state index in [-0.39, 0.29) is 17.9 Å². The van der Waals surface area contributed by atoms with Crippen molar-refractivity contribution in [2.24, 2.45) is 11.7 Å². The summed E-state index contributed by atoms with van der Waals surface area (Å²) in [7, 11) is 0. The molecule has 3 unspecified atom stereocenters. The second kappa shape index (κ2) is 5.04. The van der Waals surface area contributed by atoms with Crippen molar-refractivity contribution in [2.75, 3.05) is 6.54 Å². The Labute approximate surface area is 101 Å². The van der Waals surface area contributed by atoms with E-state index in [2.05, 4.69) is 0 Å². The van der Waals surface area contributed by atoms with Crippen LogP contribution in [0, 0.1) is 5.92 Å². The highest BCUT2D eigenvalue weighted by Gasteiger charge is 2.39. The number of hydrogen-bond donors (Lipinski definition) is 2. The first kappa shape index (κ1) is 12.4. The molecule has 0 bridgehead atoms. The highest BCUT2D eigenvalue weighted by atomic mass is 16.4. The van der Waals surface area contributed by atoms with Crippen molar-refractivity contribution in [3.63, 3.8) is 0 Å². The van der Waals surface area contributed by atoms with Gasteiger partial charge in [-0.2, -0.15) is 0 Å². The quantitative estimate of drug-likeness (QED) is 0.739. The van der Waals surface area contributed by atoms with Gasteiger partial charge in [0.05, 0.1) is 5.92 Å². The number of amides is 1. The lowest BCUT2D eigenvalue weighted by molar-refractivity contribution is -0.154. The second-order valence-electron chi connectivity index (χ2n) is 5.08. The van der Waals surface area contributed by atoms with Crippen molar-refractivity contribution >= 4 is 11.9 Å². The molecule has 1 aliphatic carbocycles. The number of nitrogens with two attached hydrogens (primary N) is 1. The van der Waals surface area contributed by atoms with E-state index in [4.69, 9.17) is 10.8 Å². The number of nitrogens with zero attached hydrogens (tertiary/aromatic N) is 1. The number of carbonyl (C=O) groups excluding carboxylic acids is 1. The Hall–Kier alpha value is -1.10. The van der Waals surface area contributed by atoms with Gasteiger partial charge in [-0.05, 0) is 32.1 Å². The molecular weight excluding hydrogens is 220 g/mol. The number of rotatable bonds is 2. The first-order valence-electron chi connectivity index (χ1n) is 6.40. The lowest BCUT2D eigenvalue weighted by Gasteiger charge is -2.35. The van der Waals surface area contributed by atoms with Crippen LogP contribution in [0.15, 0.2) is 0 Å². The molecule has 1 saturated carbocycles. The molecule has 0 spiro atoms. The highest BCUT2D eigenvalue weighted by Crippen LogP contribution is 2.28. The Bertz CT molecular complexity index is 319. The standard InChI is InChI=1S/C12H20N2O3/c13-9-5-3-4-8(9)11(15)14-7-2-1-6-10(14)12(16)17/h8-10H,1-7,13H2,(H,16,17). The van der Waals surface area contributed by atoms with Crippen LogP contribution in [0.2, 0.25) is 0 Å². The van der Waals surface area contributed by atoms with E-state index in [0.717, 1.165) is 32.1 Å². The number of carboxylic acids is 1. The molecule has 5 nitrogen and oxygen atoms in total. The van der Waals surface area contributed by atoms with Crippen LogP contribution in [0.4, 0.5) is 0 Å².